The Morgan fingerprint density at radius 2 is 1.69 bits per heavy atom. The summed E-state index contributed by atoms with van der Waals surface area (Å²) < 4.78 is 5.27. The van der Waals surface area contributed by atoms with Gasteiger partial charge in [0, 0.05) is 5.57 Å². The first-order chi connectivity index (χ1) is 19.9. The van der Waals surface area contributed by atoms with E-state index in [2.05, 4.69) is 41.5 Å². The maximum absolute atomic E-state index is 12.5. The molecule has 4 nitrogen and oxygen atoms in total. The zero-order valence-corrected chi connectivity index (χ0v) is 27.5. The van der Waals surface area contributed by atoms with E-state index in [9.17, 15) is 15.0 Å². The Morgan fingerprint density at radius 3 is 2.38 bits per heavy atom. The third-order valence-electron chi connectivity index (χ3n) is 13.9. The number of ether oxygens (including phenoxy) is 1. The predicted octanol–water partition coefficient (Wildman–Crippen LogP) is 9.85. The van der Waals surface area contributed by atoms with Gasteiger partial charge in [0.1, 0.15) is 0 Å². The Morgan fingerprint density at radius 1 is 0.976 bits per heavy atom. The molecule has 4 fully saturated rings. The van der Waals surface area contributed by atoms with E-state index in [0.29, 0.717) is 28.1 Å². The Kier molecular flexibility index (Phi) is 9.13. The molecule has 5 rings (SSSR count). The summed E-state index contributed by atoms with van der Waals surface area (Å²) >= 11 is 0. The number of hydrogen-bond donors (Lipinski definition) is 2. The molecule has 4 saturated carbocycles. The van der Waals surface area contributed by atoms with Crippen LogP contribution in [0.4, 0.5) is 0 Å². The third kappa shape index (κ3) is 5.65. The highest BCUT2D eigenvalue weighted by atomic mass is 16.5. The topological polar surface area (TPSA) is 66.8 Å². The number of carboxylic acids is 1. The minimum Gasteiger partial charge on any atom is -0.504 e. The second kappa shape index (κ2) is 12.2. The molecule has 234 valence electrons. The molecule has 4 aliphatic carbocycles. The molecule has 0 saturated heterocycles. The zero-order chi connectivity index (χ0) is 30.4. The zero-order valence-electron chi connectivity index (χ0n) is 27.5. The Bertz CT molecular complexity index is 1150. The van der Waals surface area contributed by atoms with E-state index in [1.165, 1.54) is 58.5 Å². The Labute approximate surface area is 255 Å². The summed E-state index contributed by atoms with van der Waals surface area (Å²) in [6.45, 7) is 15.0. The SMILES string of the molecule is COc1cc(C=C(C(=O)O)C2CC[C@@]3(C)C(CCC4C3CC[C@@]3(C)C4CC[C@@H]3[C@H](C)CC[C@@H](C)C(C)C)C2)ccc1O. The highest BCUT2D eigenvalue weighted by Crippen LogP contribution is 2.69. The van der Waals surface area contributed by atoms with Gasteiger partial charge in [0.2, 0.25) is 0 Å². The summed E-state index contributed by atoms with van der Waals surface area (Å²) in [5.74, 6) is 6.15. The monoisotopic (exact) mass is 578 g/mol. The Balaban J connectivity index is 1.29. The lowest BCUT2D eigenvalue weighted by Gasteiger charge is -2.61. The number of aliphatic carboxylic acids is 1. The molecule has 1 aromatic carbocycles. The number of carboxylic acid groups (broad SMARTS) is 1. The first-order valence-corrected chi connectivity index (χ1v) is 17.2. The van der Waals surface area contributed by atoms with E-state index in [4.69, 9.17) is 4.74 Å². The summed E-state index contributed by atoms with van der Waals surface area (Å²) in [5.41, 5.74) is 2.13. The van der Waals surface area contributed by atoms with Crippen molar-refractivity contribution in [1.29, 1.82) is 0 Å². The van der Waals surface area contributed by atoms with Crippen LogP contribution in [0.5, 0.6) is 11.5 Å². The molecule has 0 heterocycles. The summed E-state index contributed by atoms with van der Waals surface area (Å²) in [6, 6.07) is 5.09. The van der Waals surface area contributed by atoms with Gasteiger partial charge in [0.25, 0.3) is 0 Å². The van der Waals surface area contributed by atoms with Crippen molar-refractivity contribution in [3.05, 3.63) is 29.3 Å². The van der Waals surface area contributed by atoms with Crippen molar-refractivity contribution in [2.24, 2.45) is 64.1 Å². The molecule has 5 unspecified atom stereocenters. The van der Waals surface area contributed by atoms with E-state index in [1.807, 2.05) is 6.08 Å². The summed E-state index contributed by atoms with van der Waals surface area (Å²) in [5, 5.41) is 20.3. The number of hydrogen-bond acceptors (Lipinski definition) is 3. The van der Waals surface area contributed by atoms with Gasteiger partial charge in [-0.15, -0.1) is 0 Å². The highest BCUT2D eigenvalue weighted by Gasteiger charge is 2.60. The number of aromatic hydroxyl groups is 1. The van der Waals surface area contributed by atoms with Crippen LogP contribution >= 0.6 is 0 Å². The smallest absolute Gasteiger partial charge is 0.331 e. The predicted molar refractivity (Wildman–Crippen MR) is 171 cm³/mol. The van der Waals surface area contributed by atoms with Crippen LogP contribution in [0.1, 0.15) is 118 Å². The number of phenols is 1. The molecular weight excluding hydrogens is 520 g/mol. The van der Waals surface area contributed by atoms with E-state index in [0.717, 1.165) is 66.3 Å². The van der Waals surface area contributed by atoms with Crippen molar-refractivity contribution in [1.82, 2.24) is 0 Å². The lowest BCUT2D eigenvalue weighted by molar-refractivity contribution is -0.135. The lowest BCUT2D eigenvalue weighted by Crippen LogP contribution is -2.53. The fourth-order valence-corrected chi connectivity index (χ4v) is 10.9. The van der Waals surface area contributed by atoms with E-state index < -0.39 is 5.97 Å². The van der Waals surface area contributed by atoms with Crippen LogP contribution in [0.3, 0.4) is 0 Å². The van der Waals surface area contributed by atoms with Crippen LogP contribution in [0.15, 0.2) is 23.8 Å². The van der Waals surface area contributed by atoms with Gasteiger partial charge < -0.3 is 14.9 Å². The van der Waals surface area contributed by atoms with Crippen LogP contribution in [0.2, 0.25) is 0 Å². The van der Waals surface area contributed by atoms with E-state index >= 15 is 0 Å². The number of rotatable bonds is 9. The van der Waals surface area contributed by atoms with E-state index in [1.54, 1.807) is 18.2 Å². The highest BCUT2D eigenvalue weighted by molar-refractivity contribution is 5.93. The minimum atomic E-state index is -0.813. The third-order valence-corrected chi connectivity index (χ3v) is 13.9. The van der Waals surface area contributed by atoms with Crippen molar-refractivity contribution < 1.29 is 19.7 Å². The summed E-state index contributed by atoms with van der Waals surface area (Å²) in [4.78, 5) is 12.5. The van der Waals surface area contributed by atoms with Crippen molar-refractivity contribution in [3.8, 4) is 11.5 Å². The summed E-state index contributed by atoms with van der Waals surface area (Å²) in [6.07, 6.45) is 15.9. The number of phenolic OH excluding ortho intramolecular Hbond substituents is 1. The Hall–Kier alpha value is -1.97. The second-order valence-electron chi connectivity index (χ2n) is 16.0. The van der Waals surface area contributed by atoms with Gasteiger partial charge in [-0.25, -0.2) is 4.79 Å². The first kappa shape index (κ1) is 31.5. The molecular formula is C38H58O4. The largest absolute Gasteiger partial charge is 0.504 e. The standard InChI is InChI=1S/C38H58O4/c1-23(2)24(3)8-9-25(4)31-13-14-32-29-12-11-28-22-27(16-18-37(28,5)33(29)17-19-38(31,32)6)30(36(40)41)20-26-10-15-34(39)35(21-26)42-7/h10,15,20-21,23-25,27-29,31-33,39H,8-9,11-14,16-19,22H2,1-7H3,(H,40,41)/t24-,25-,27?,28?,29?,31-,32?,33?,37+,38-/m1/s1. The fourth-order valence-electron chi connectivity index (χ4n) is 10.9. The molecule has 0 aromatic heterocycles. The number of carbonyl (C=O) groups is 1. The normalized spacial score (nSPS) is 37.9. The van der Waals surface area contributed by atoms with Gasteiger partial charge in [-0.05, 0) is 146 Å². The number of fused-ring (bicyclic) bond motifs is 5. The molecule has 0 bridgehead atoms. The van der Waals surface area contributed by atoms with Crippen molar-refractivity contribution >= 4 is 12.0 Å². The fraction of sp³-hybridized carbons (Fsp3) is 0.763. The van der Waals surface area contributed by atoms with Crippen LogP contribution in [-0.2, 0) is 4.79 Å². The molecule has 10 atom stereocenters. The van der Waals surface area contributed by atoms with Gasteiger partial charge in [-0.1, -0.05) is 60.5 Å². The molecule has 0 spiro atoms. The quantitative estimate of drug-likeness (QED) is 0.286. The van der Waals surface area contributed by atoms with Crippen LogP contribution in [0, 0.1) is 64.1 Å². The minimum absolute atomic E-state index is 0.0732. The molecule has 1 aromatic rings. The molecule has 2 N–H and O–H groups in total. The average Bonchev–Trinajstić information content (AvgIpc) is 3.32. The summed E-state index contributed by atoms with van der Waals surface area (Å²) in [7, 11) is 1.52. The number of benzene rings is 1. The number of methoxy groups -OCH3 is 1. The first-order valence-electron chi connectivity index (χ1n) is 17.2. The average molecular weight is 579 g/mol. The molecule has 4 aliphatic rings. The van der Waals surface area contributed by atoms with Gasteiger partial charge in [-0.2, -0.15) is 0 Å². The van der Waals surface area contributed by atoms with Crippen LogP contribution < -0.4 is 4.74 Å². The van der Waals surface area contributed by atoms with Gasteiger partial charge in [0.05, 0.1) is 7.11 Å². The van der Waals surface area contributed by atoms with Gasteiger partial charge >= 0.3 is 5.97 Å². The molecule has 0 amide bonds. The molecule has 0 aliphatic heterocycles. The molecule has 4 heteroatoms. The molecule has 42 heavy (non-hydrogen) atoms. The van der Waals surface area contributed by atoms with Crippen molar-refractivity contribution in [2.45, 2.75) is 112 Å². The second-order valence-corrected chi connectivity index (χ2v) is 16.0. The van der Waals surface area contributed by atoms with Crippen molar-refractivity contribution in [3.63, 3.8) is 0 Å². The van der Waals surface area contributed by atoms with Gasteiger partial charge in [-0.3, -0.25) is 0 Å². The lowest BCUT2D eigenvalue weighted by atomic mass is 9.43. The molecule has 0 radical (unpaired) electrons. The van der Waals surface area contributed by atoms with Crippen LogP contribution in [0.25, 0.3) is 6.08 Å². The van der Waals surface area contributed by atoms with E-state index in [-0.39, 0.29) is 11.7 Å². The van der Waals surface area contributed by atoms with Crippen LogP contribution in [-0.4, -0.2) is 23.3 Å². The van der Waals surface area contributed by atoms with Crippen molar-refractivity contribution in [2.75, 3.05) is 7.11 Å². The maximum atomic E-state index is 12.5. The maximum Gasteiger partial charge on any atom is 0.331 e. The van der Waals surface area contributed by atoms with Gasteiger partial charge in [0.15, 0.2) is 11.5 Å².